The molecule has 15 heteroatoms. The minimum Gasteiger partial charge on any atom is -0.478 e. The van der Waals surface area contributed by atoms with E-state index in [4.69, 9.17) is 5.73 Å². The monoisotopic (exact) mass is 588 g/mol. The van der Waals surface area contributed by atoms with Crippen LogP contribution in [-0.2, 0) is 10.7 Å². The molecule has 218 valence electrons. The number of carboxylic acids is 1. The number of halogens is 5. The second kappa shape index (κ2) is 11.1. The van der Waals surface area contributed by atoms with E-state index in [9.17, 15) is 36.4 Å². The summed E-state index contributed by atoms with van der Waals surface area (Å²) in [6.45, 7) is 2.12. The van der Waals surface area contributed by atoms with Crippen LogP contribution in [0.4, 0.5) is 27.9 Å². The number of nitrogens with one attached hydrogen (secondary N) is 3. The van der Waals surface area contributed by atoms with Crippen molar-refractivity contribution in [3.63, 3.8) is 0 Å². The molecule has 3 aromatic rings. The van der Waals surface area contributed by atoms with Crippen LogP contribution in [0.15, 0.2) is 24.5 Å². The first kappa shape index (κ1) is 29.9. The Morgan fingerprint density at radius 3 is 2.52 bits per heavy atom. The highest BCUT2D eigenvalue weighted by atomic mass is 31.2. The van der Waals surface area contributed by atoms with Gasteiger partial charge in [-0.15, -0.1) is 0 Å². The van der Waals surface area contributed by atoms with Gasteiger partial charge in [-0.1, -0.05) is 6.07 Å². The van der Waals surface area contributed by atoms with Crippen molar-refractivity contribution in [3.8, 4) is 11.3 Å². The fourth-order valence-electron chi connectivity index (χ4n) is 5.02. The van der Waals surface area contributed by atoms with E-state index in [1.54, 1.807) is 0 Å². The van der Waals surface area contributed by atoms with Crippen LogP contribution in [-0.4, -0.2) is 70.5 Å². The first-order valence-electron chi connectivity index (χ1n) is 12.6. The van der Waals surface area contributed by atoms with Gasteiger partial charge in [-0.2, -0.15) is 13.2 Å². The van der Waals surface area contributed by atoms with E-state index in [-0.39, 0.29) is 51.9 Å². The molecule has 0 unspecified atom stereocenters. The number of carbonyl (C=O) groups is 1. The van der Waals surface area contributed by atoms with Gasteiger partial charge in [0, 0.05) is 53.7 Å². The standard InChI is InChI=1S/C25H30F5N6O3P/c1-40(2,39)21-16(22(37)38)6-5-15-17(10-33-20(15)21)19-18(25(28,29)30)11-34-23(36-19)35-14-4-3-13(9-14)32-8-7-24(26,27)12-31/h5-6,10-11,13-14,32-33H,3-4,7-9,12,31H2,1-2H3,(H,37,38)(H,34,35,36)/t13-,14-/m0/s1. The van der Waals surface area contributed by atoms with E-state index < -0.39 is 49.4 Å². The van der Waals surface area contributed by atoms with E-state index in [2.05, 4.69) is 25.6 Å². The minimum atomic E-state index is -4.79. The number of carboxylic acid groups (broad SMARTS) is 1. The number of hydrogen-bond donors (Lipinski definition) is 5. The van der Waals surface area contributed by atoms with Gasteiger partial charge in [0.05, 0.1) is 23.3 Å². The molecule has 2 atom stereocenters. The van der Waals surface area contributed by atoms with Gasteiger partial charge in [-0.3, -0.25) is 0 Å². The number of anilines is 1. The summed E-state index contributed by atoms with van der Waals surface area (Å²) in [5.74, 6) is -4.30. The Hall–Kier alpha value is -3.09. The lowest BCUT2D eigenvalue weighted by atomic mass is 10.0. The third-order valence-corrected chi connectivity index (χ3v) is 8.48. The van der Waals surface area contributed by atoms with Gasteiger partial charge in [-0.25, -0.2) is 23.5 Å². The lowest BCUT2D eigenvalue weighted by molar-refractivity contribution is -0.137. The Balaban J connectivity index is 1.64. The molecule has 0 spiro atoms. The fourth-order valence-corrected chi connectivity index (χ4v) is 6.49. The summed E-state index contributed by atoms with van der Waals surface area (Å²) >= 11 is 0. The molecule has 2 aromatic heterocycles. The van der Waals surface area contributed by atoms with E-state index in [0.29, 0.717) is 25.5 Å². The van der Waals surface area contributed by atoms with Crippen molar-refractivity contribution in [2.45, 2.75) is 49.9 Å². The molecule has 40 heavy (non-hydrogen) atoms. The van der Waals surface area contributed by atoms with Gasteiger partial charge in [0.2, 0.25) is 5.95 Å². The van der Waals surface area contributed by atoms with Gasteiger partial charge in [0.1, 0.15) is 12.7 Å². The smallest absolute Gasteiger partial charge is 0.419 e. The maximum absolute atomic E-state index is 14.0. The average Bonchev–Trinajstić information content (AvgIpc) is 3.48. The number of aromatic amines is 1. The van der Waals surface area contributed by atoms with E-state index >= 15 is 0 Å². The number of nitrogens with zero attached hydrogens (tertiary/aromatic N) is 2. The predicted molar refractivity (Wildman–Crippen MR) is 142 cm³/mol. The van der Waals surface area contributed by atoms with Crippen molar-refractivity contribution in [3.05, 3.63) is 35.7 Å². The zero-order chi connectivity index (χ0) is 29.5. The highest BCUT2D eigenvalue weighted by Gasteiger charge is 2.37. The van der Waals surface area contributed by atoms with Crippen LogP contribution >= 0.6 is 7.14 Å². The molecule has 1 aliphatic carbocycles. The van der Waals surface area contributed by atoms with Crippen LogP contribution in [0.3, 0.4) is 0 Å². The largest absolute Gasteiger partial charge is 0.478 e. The molecule has 2 heterocycles. The summed E-state index contributed by atoms with van der Waals surface area (Å²) in [4.78, 5) is 22.7. The van der Waals surface area contributed by atoms with Crippen LogP contribution in [0.2, 0.25) is 0 Å². The molecule has 1 aromatic carbocycles. The number of rotatable bonds is 10. The summed E-state index contributed by atoms with van der Waals surface area (Å²) < 4.78 is 81.7. The van der Waals surface area contributed by atoms with Crippen molar-refractivity contribution >= 4 is 35.3 Å². The molecule has 6 N–H and O–H groups in total. The Morgan fingerprint density at radius 1 is 1.20 bits per heavy atom. The predicted octanol–water partition coefficient (Wildman–Crippen LogP) is 4.50. The first-order valence-corrected chi connectivity index (χ1v) is 15.2. The minimum absolute atomic E-state index is 0.0263. The quantitative estimate of drug-likeness (QED) is 0.172. The van der Waals surface area contributed by atoms with Crippen molar-refractivity contribution in [1.29, 1.82) is 0 Å². The fraction of sp³-hybridized carbons (Fsp3) is 0.480. The van der Waals surface area contributed by atoms with Crippen LogP contribution in [0.5, 0.6) is 0 Å². The van der Waals surface area contributed by atoms with Crippen LogP contribution < -0.4 is 21.7 Å². The number of nitrogens with two attached hydrogens (primary N) is 1. The Kier molecular flexibility index (Phi) is 8.26. The van der Waals surface area contributed by atoms with Crippen molar-refractivity contribution in [2.75, 3.05) is 31.7 Å². The van der Waals surface area contributed by atoms with Gasteiger partial charge in [0.25, 0.3) is 5.92 Å². The average molecular weight is 589 g/mol. The number of alkyl halides is 5. The van der Waals surface area contributed by atoms with E-state index in [1.165, 1.54) is 31.7 Å². The van der Waals surface area contributed by atoms with Gasteiger partial charge >= 0.3 is 12.1 Å². The van der Waals surface area contributed by atoms with Crippen molar-refractivity contribution in [2.24, 2.45) is 5.73 Å². The summed E-state index contributed by atoms with van der Waals surface area (Å²) in [7, 11) is -3.17. The van der Waals surface area contributed by atoms with Crippen LogP contribution in [0.1, 0.15) is 41.6 Å². The number of benzene rings is 1. The van der Waals surface area contributed by atoms with Crippen molar-refractivity contribution < 1.29 is 36.4 Å². The molecule has 1 aliphatic rings. The maximum Gasteiger partial charge on any atom is 0.419 e. The summed E-state index contributed by atoms with van der Waals surface area (Å²) in [5, 5.41) is 16.0. The molecule has 0 radical (unpaired) electrons. The van der Waals surface area contributed by atoms with Gasteiger partial charge in [0.15, 0.2) is 0 Å². The third kappa shape index (κ3) is 6.45. The third-order valence-electron chi connectivity index (χ3n) is 6.94. The molecule has 1 fully saturated rings. The number of aromatic carboxylic acids is 1. The zero-order valence-corrected chi connectivity index (χ0v) is 22.7. The van der Waals surface area contributed by atoms with Gasteiger partial charge < -0.3 is 31.0 Å². The van der Waals surface area contributed by atoms with E-state index in [0.717, 1.165) is 0 Å². The molecule has 0 bridgehead atoms. The van der Waals surface area contributed by atoms with Crippen LogP contribution in [0.25, 0.3) is 22.2 Å². The summed E-state index contributed by atoms with van der Waals surface area (Å²) in [6.07, 6.45) is -1.39. The Morgan fingerprint density at radius 2 is 1.90 bits per heavy atom. The normalized spacial score (nSPS) is 18.4. The highest BCUT2D eigenvalue weighted by molar-refractivity contribution is 7.70. The number of H-pyrrole nitrogens is 1. The number of fused-ring (bicyclic) bond motifs is 1. The summed E-state index contributed by atoms with van der Waals surface area (Å²) in [6, 6.07) is 2.32. The van der Waals surface area contributed by atoms with Crippen molar-refractivity contribution in [1.82, 2.24) is 20.3 Å². The SMILES string of the molecule is CP(C)(=O)c1c(C(=O)O)ccc2c(-c3nc(N[C@H]4CC[C@H](NCCC(F)(F)CN)C4)ncc3C(F)(F)F)c[nH]c12. The van der Waals surface area contributed by atoms with Crippen LogP contribution in [0, 0.1) is 0 Å². The van der Waals surface area contributed by atoms with E-state index in [1.807, 2.05) is 0 Å². The molecular weight excluding hydrogens is 558 g/mol. The highest BCUT2D eigenvalue weighted by Crippen LogP contribution is 2.43. The zero-order valence-electron chi connectivity index (χ0n) is 21.8. The second-order valence-electron chi connectivity index (χ2n) is 10.3. The maximum atomic E-state index is 14.0. The molecule has 0 aliphatic heterocycles. The molecule has 0 saturated heterocycles. The Bertz CT molecular complexity index is 1450. The molecule has 0 amide bonds. The number of hydrogen-bond acceptors (Lipinski definition) is 7. The van der Waals surface area contributed by atoms with Gasteiger partial charge in [-0.05, 0) is 38.7 Å². The Labute approximate surface area is 226 Å². The topological polar surface area (TPSA) is 146 Å². The lowest BCUT2D eigenvalue weighted by Crippen LogP contribution is -2.35. The first-order chi connectivity index (χ1) is 18.6. The second-order valence-corrected chi connectivity index (χ2v) is 13.5. The molecular formula is C25H30F5N6O3P. The number of aromatic nitrogens is 3. The molecule has 9 nitrogen and oxygen atoms in total. The molecule has 4 rings (SSSR count). The summed E-state index contributed by atoms with van der Waals surface area (Å²) in [5.41, 5.74) is 3.55. The molecule has 1 saturated carbocycles. The lowest BCUT2D eigenvalue weighted by Gasteiger charge is -2.18.